The number of carbonyl (C=O) groups is 1. The topological polar surface area (TPSA) is 124 Å². The van der Waals surface area contributed by atoms with Crippen LogP contribution in [0.1, 0.15) is 22.3 Å². The van der Waals surface area contributed by atoms with E-state index in [4.69, 9.17) is 5.11 Å². The van der Waals surface area contributed by atoms with Gasteiger partial charge < -0.3 is 5.11 Å². The number of rotatable bonds is 4. The number of nitro benzene ring substituents is 2. The summed E-state index contributed by atoms with van der Waals surface area (Å²) in [6.07, 6.45) is 1.73. The van der Waals surface area contributed by atoms with E-state index >= 15 is 0 Å². The van der Waals surface area contributed by atoms with E-state index in [0.29, 0.717) is 6.08 Å². The number of nitro groups is 2. The van der Waals surface area contributed by atoms with Crippen LogP contribution >= 0.6 is 0 Å². The van der Waals surface area contributed by atoms with Crippen LogP contribution in [-0.2, 0) is 4.79 Å². The number of benzene rings is 1. The van der Waals surface area contributed by atoms with Crippen molar-refractivity contribution < 1.29 is 19.7 Å². The number of nitrogens with zero attached hydrogens (tertiary/aromatic N) is 2. The molecular formula is C12H12N2O6. The molecule has 0 atom stereocenters. The Balaban J connectivity index is 3.82. The van der Waals surface area contributed by atoms with Crippen molar-refractivity contribution in [2.24, 2.45) is 0 Å². The summed E-state index contributed by atoms with van der Waals surface area (Å²) in [7, 11) is 0. The molecule has 0 aliphatic carbocycles. The van der Waals surface area contributed by atoms with Crippen LogP contribution in [0.25, 0.3) is 6.08 Å². The van der Waals surface area contributed by atoms with Crippen LogP contribution < -0.4 is 0 Å². The summed E-state index contributed by atoms with van der Waals surface area (Å²) in [6, 6.07) is 0. The molecule has 0 unspecified atom stereocenters. The molecule has 20 heavy (non-hydrogen) atoms. The van der Waals surface area contributed by atoms with Crippen molar-refractivity contribution in [1.29, 1.82) is 0 Å². The molecule has 0 aromatic heterocycles. The fourth-order valence-corrected chi connectivity index (χ4v) is 2.01. The van der Waals surface area contributed by atoms with Gasteiger partial charge >= 0.3 is 5.97 Å². The predicted molar refractivity (Wildman–Crippen MR) is 70.6 cm³/mol. The molecule has 0 radical (unpaired) electrons. The summed E-state index contributed by atoms with van der Waals surface area (Å²) < 4.78 is 0. The molecule has 1 N–H and O–H groups in total. The monoisotopic (exact) mass is 280 g/mol. The number of carboxylic acid groups (broad SMARTS) is 1. The Kier molecular flexibility index (Phi) is 4.18. The third kappa shape index (κ3) is 2.63. The van der Waals surface area contributed by atoms with Crippen LogP contribution in [0.5, 0.6) is 0 Å². The maximum absolute atomic E-state index is 11.1. The summed E-state index contributed by atoms with van der Waals surface area (Å²) in [5.74, 6) is -1.29. The first-order valence-electron chi connectivity index (χ1n) is 5.52. The fraction of sp³-hybridized carbons (Fsp3) is 0.250. The van der Waals surface area contributed by atoms with Gasteiger partial charge in [0.1, 0.15) is 0 Å². The molecular weight excluding hydrogens is 268 g/mol. The van der Waals surface area contributed by atoms with Crippen LogP contribution in [0.4, 0.5) is 11.4 Å². The first-order chi connectivity index (χ1) is 9.18. The Hall–Kier alpha value is -2.77. The van der Waals surface area contributed by atoms with E-state index in [1.165, 1.54) is 20.8 Å². The Morgan fingerprint density at radius 1 is 1.00 bits per heavy atom. The largest absolute Gasteiger partial charge is 0.478 e. The van der Waals surface area contributed by atoms with Crippen molar-refractivity contribution in [2.45, 2.75) is 20.8 Å². The number of hydrogen-bond donors (Lipinski definition) is 1. The Morgan fingerprint density at radius 3 is 1.85 bits per heavy atom. The number of aliphatic carboxylic acids is 1. The van der Waals surface area contributed by atoms with Gasteiger partial charge in [-0.2, -0.15) is 0 Å². The molecule has 0 saturated carbocycles. The molecule has 0 aliphatic heterocycles. The summed E-state index contributed by atoms with van der Waals surface area (Å²) in [4.78, 5) is 31.4. The summed E-state index contributed by atoms with van der Waals surface area (Å²) in [5.41, 5.74) is -0.195. The Bertz CT molecular complexity index is 648. The van der Waals surface area contributed by atoms with Gasteiger partial charge in [0, 0.05) is 22.8 Å². The van der Waals surface area contributed by atoms with E-state index in [1.807, 2.05) is 0 Å². The van der Waals surface area contributed by atoms with Crippen molar-refractivity contribution in [3.05, 3.63) is 48.6 Å². The molecule has 106 valence electrons. The lowest BCUT2D eigenvalue weighted by Crippen LogP contribution is -2.05. The van der Waals surface area contributed by atoms with Crippen molar-refractivity contribution in [3.8, 4) is 0 Å². The molecule has 0 bridgehead atoms. The maximum Gasteiger partial charge on any atom is 0.328 e. The molecule has 0 heterocycles. The van der Waals surface area contributed by atoms with Crippen LogP contribution in [-0.4, -0.2) is 20.9 Å². The van der Waals surface area contributed by atoms with Gasteiger partial charge in [0.25, 0.3) is 11.4 Å². The van der Waals surface area contributed by atoms with E-state index < -0.39 is 15.8 Å². The van der Waals surface area contributed by atoms with Crippen LogP contribution in [0.15, 0.2) is 6.08 Å². The number of hydrogen-bond acceptors (Lipinski definition) is 5. The van der Waals surface area contributed by atoms with Gasteiger partial charge in [-0.05, 0) is 26.8 Å². The lowest BCUT2D eigenvalue weighted by molar-refractivity contribution is -0.390. The van der Waals surface area contributed by atoms with Crippen molar-refractivity contribution in [3.63, 3.8) is 0 Å². The van der Waals surface area contributed by atoms with Crippen molar-refractivity contribution in [2.75, 3.05) is 0 Å². The zero-order valence-electron chi connectivity index (χ0n) is 11.0. The van der Waals surface area contributed by atoms with E-state index in [0.717, 1.165) is 6.08 Å². The van der Waals surface area contributed by atoms with Crippen LogP contribution in [0, 0.1) is 41.0 Å². The molecule has 1 aromatic carbocycles. The van der Waals surface area contributed by atoms with Crippen LogP contribution in [0.3, 0.4) is 0 Å². The highest BCUT2D eigenvalue weighted by Gasteiger charge is 2.29. The van der Waals surface area contributed by atoms with Crippen molar-refractivity contribution >= 4 is 23.4 Å². The average Bonchev–Trinajstić information content (AvgIpc) is 2.30. The highest BCUT2D eigenvalue weighted by molar-refractivity contribution is 5.88. The summed E-state index contributed by atoms with van der Waals surface area (Å²) in [6.45, 7) is 4.19. The minimum atomic E-state index is -1.29. The predicted octanol–water partition coefficient (Wildman–Crippen LogP) is 2.53. The van der Waals surface area contributed by atoms with Crippen molar-refractivity contribution in [1.82, 2.24) is 0 Å². The second-order valence-electron chi connectivity index (χ2n) is 4.17. The molecule has 0 amide bonds. The standard InChI is InChI=1S/C12H12N2O6/c1-6-7(2)12(14(19)20)9(4-5-10(15)16)8(3)11(6)13(17)18/h4-5H,1-3H3,(H,15,16)/b5-4+. The minimum absolute atomic E-state index is 0.0628. The lowest BCUT2D eigenvalue weighted by atomic mass is 9.95. The third-order valence-corrected chi connectivity index (χ3v) is 3.04. The molecule has 0 aliphatic rings. The Labute approximate surface area is 113 Å². The van der Waals surface area contributed by atoms with E-state index in [9.17, 15) is 25.0 Å². The molecule has 0 fully saturated rings. The molecule has 1 aromatic rings. The first kappa shape index (κ1) is 15.3. The summed E-state index contributed by atoms with van der Waals surface area (Å²) >= 11 is 0. The van der Waals surface area contributed by atoms with Gasteiger partial charge in [-0.25, -0.2) is 4.79 Å². The van der Waals surface area contributed by atoms with Gasteiger partial charge in [0.05, 0.1) is 15.4 Å². The minimum Gasteiger partial charge on any atom is -0.478 e. The van der Waals surface area contributed by atoms with Gasteiger partial charge in [0.2, 0.25) is 0 Å². The lowest BCUT2D eigenvalue weighted by Gasteiger charge is -2.10. The fourth-order valence-electron chi connectivity index (χ4n) is 2.01. The quantitative estimate of drug-likeness (QED) is 0.513. The van der Waals surface area contributed by atoms with Gasteiger partial charge in [0.15, 0.2) is 0 Å². The third-order valence-electron chi connectivity index (χ3n) is 3.04. The second-order valence-corrected chi connectivity index (χ2v) is 4.17. The molecule has 8 heteroatoms. The Morgan fingerprint density at radius 2 is 1.45 bits per heavy atom. The SMILES string of the molecule is Cc1c(C)c([N+](=O)[O-])c(/C=C/C(=O)O)c(C)c1[N+](=O)[O-]. The zero-order chi connectivity index (χ0) is 15.6. The van der Waals surface area contributed by atoms with Gasteiger partial charge in [-0.3, -0.25) is 20.2 Å². The van der Waals surface area contributed by atoms with Gasteiger partial charge in [-0.15, -0.1) is 0 Å². The maximum atomic E-state index is 11.1. The number of carboxylic acids is 1. The van der Waals surface area contributed by atoms with Gasteiger partial charge in [-0.1, -0.05) is 0 Å². The van der Waals surface area contributed by atoms with E-state index in [2.05, 4.69) is 0 Å². The molecule has 1 rings (SSSR count). The smallest absolute Gasteiger partial charge is 0.328 e. The first-order valence-corrected chi connectivity index (χ1v) is 5.52. The average molecular weight is 280 g/mol. The van der Waals surface area contributed by atoms with E-state index in [1.54, 1.807) is 0 Å². The molecule has 0 spiro atoms. The highest BCUT2D eigenvalue weighted by Crippen LogP contribution is 2.37. The normalized spacial score (nSPS) is 10.8. The molecule has 8 nitrogen and oxygen atoms in total. The highest BCUT2D eigenvalue weighted by atomic mass is 16.6. The zero-order valence-corrected chi connectivity index (χ0v) is 11.0. The molecule has 0 saturated heterocycles. The second kappa shape index (κ2) is 5.47. The van der Waals surface area contributed by atoms with E-state index in [-0.39, 0.29) is 33.6 Å². The summed E-state index contributed by atoms with van der Waals surface area (Å²) in [5, 5.41) is 30.8. The van der Waals surface area contributed by atoms with Crippen LogP contribution in [0.2, 0.25) is 0 Å².